The predicted molar refractivity (Wildman–Crippen MR) is 313 cm³/mol. The minimum atomic E-state index is -2.14. The van der Waals surface area contributed by atoms with Crippen LogP contribution in [0.4, 0.5) is 15.8 Å². The van der Waals surface area contributed by atoms with E-state index < -0.39 is 129 Å². The highest BCUT2D eigenvalue weighted by molar-refractivity contribution is 6.38. The van der Waals surface area contributed by atoms with Crippen molar-refractivity contribution in [3.8, 4) is 23.0 Å². The molecule has 85 heavy (non-hydrogen) atoms. The summed E-state index contributed by atoms with van der Waals surface area (Å²) in [5.41, 5.74) is -1.84. The Hall–Kier alpha value is -7.73. The molecule has 6 heterocycles. The van der Waals surface area contributed by atoms with E-state index in [0.29, 0.717) is 25.8 Å². The summed E-state index contributed by atoms with van der Waals surface area (Å²) in [5.74, 6) is -12.2. The number of phenols is 3. The first-order valence-electron chi connectivity index (χ1n) is 28.4. The van der Waals surface area contributed by atoms with Gasteiger partial charge in [-0.3, -0.25) is 29.0 Å². The number of piperidine rings is 1. The maximum absolute atomic E-state index is 15.9. The molecular weight excluding hydrogens is 1130 g/mol. The lowest BCUT2D eigenvalue weighted by molar-refractivity contribution is -0.160. The smallest absolute Gasteiger partial charge is 0.341 e. The summed E-state index contributed by atoms with van der Waals surface area (Å²) in [5, 5.41) is 80.4. The number of rotatable bonds is 9. The van der Waals surface area contributed by atoms with Crippen LogP contribution >= 0.6 is 11.6 Å². The number of aromatic hydroxyl groups is 3. The Morgan fingerprint density at radius 1 is 0.929 bits per heavy atom. The number of esters is 1. The van der Waals surface area contributed by atoms with Gasteiger partial charge in [0.15, 0.2) is 5.75 Å². The number of hydrogen-bond donors (Lipinski definition) is 8. The monoisotopic (exact) mass is 1200 g/mol. The van der Waals surface area contributed by atoms with Crippen LogP contribution in [0.2, 0.25) is 5.02 Å². The number of anilines is 2. The van der Waals surface area contributed by atoms with E-state index in [1.165, 1.54) is 59.4 Å². The average Bonchev–Trinajstić information content (AvgIpc) is 1.78. The van der Waals surface area contributed by atoms with Gasteiger partial charge in [-0.2, -0.15) is 5.10 Å². The zero-order valence-corrected chi connectivity index (χ0v) is 49.4. The third kappa shape index (κ3) is 11.7. The molecule has 1 saturated carbocycles. The maximum Gasteiger partial charge on any atom is 0.341 e. The fourth-order valence-corrected chi connectivity index (χ4v) is 12.6. The van der Waals surface area contributed by atoms with Crippen LogP contribution < -0.4 is 25.7 Å². The van der Waals surface area contributed by atoms with Gasteiger partial charge in [-0.05, 0) is 58.1 Å². The van der Waals surface area contributed by atoms with Gasteiger partial charge < -0.3 is 69.7 Å². The van der Waals surface area contributed by atoms with Crippen molar-refractivity contribution in [2.45, 2.75) is 130 Å². The molecule has 5 aliphatic heterocycles. The molecule has 24 heteroatoms. The van der Waals surface area contributed by atoms with Crippen LogP contribution in [-0.2, 0) is 28.6 Å². The molecule has 1 aromatic heterocycles. The van der Waals surface area contributed by atoms with Crippen LogP contribution in [0.5, 0.6) is 23.0 Å². The number of ketones is 1. The molecule has 22 nitrogen and oxygen atoms in total. The van der Waals surface area contributed by atoms with Gasteiger partial charge in [0.05, 0.1) is 74.6 Å². The highest BCUT2D eigenvalue weighted by Crippen LogP contribution is 2.55. The molecule has 4 aromatic rings. The van der Waals surface area contributed by atoms with Crippen molar-refractivity contribution in [1.82, 2.24) is 14.9 Å². The first kappa shape index (κ1) is 61.8. The van der Waals surface area contributed by atoms with Gasteiger partial charge >= 0.3 is 17.7 Å². The number of aliphatic hydroxyl groups excluding tert-OH is 2. The highest BCUT2D eigenvalue weighted by atomic mass is 35.5. The Kier molecular flexibility index (Phi) is 17.7. The zero-order valence-electron chi connectivity index (χ0n) is 48.6. The lowest BCUT2D eigenvalue weighted by Crippen LogP contribution is -2.46. The van der Waals surface area contributed by atoms with Crippen molar-refractivity contribution in [2.24, 2.45) is 34.7 Å². The number of nitrogens with zero attached hydrogens (tertiary/aromatic N) is 4. The van der Waals surface area contributed by atoms with E-state index in [2.05, 4.69) is 15.7 Å². The second-order valence-corrected chi connectivity index (χ2v) is 23.6. The third-order valence-electron chi connectivity index (χ3n) is 17.4. The van der Waals surface area contributed by atoms with Crippen molar-refractivity contribution in [3.63, 3.8) is 0 Å². The van der Waals surface area contributed by atoms with Crippen LogP contribution in [0, 0.1) is 42.3 Å². The first-order chi connectivity index (χ1) is 40.2. The standard InChI is InChI=1S/C61H72ClFN6O16/c1-27-11-10-12-28(2)58(78)66-46-38(24-64-68-20-15-34(16-21-68)59(79)65-35-17-19-67(25-35)48-40(63)23-37-47(45(48)62)69(36-13-14-36)26-39(52(37)74)60(80)81)53(75)42-43(54(46)76)51(73)32(6)56-44(42)57(77)61(8,85-56)83-22-18-41(82-9)29(3)55(84-33(7)70)31(5)50(72)30(4)49(27)71/h10-12,18,22-24,26-27,29-31,34-36,41,49-50,55,71-73,75-76H,13-17,19-21,25H2,1-9H3,(H,65,79)(H,66,78)(H,80,81)/t27-,29+,30+,31+,35?,41-,49-,50+,55+,61-/m0/s1. The van der Waals surface area contributed by atoms with Gasteiger partial charge in [0, 0.05) is 112 Å². The number of benzene rings is 3. The van der Waals surface area contributed by atoms with E-state index in [-0.39, 0.29) is 92.3 Å². The summed E-state index contributed by atoms with van der Waals surface area (Å²) in [6, 6.07) is 0.547. The second kappa shape index (κ2) is 24.3. The summed E-state index contributed by atoms with van der Waals surface area (Å²) in [6.45, 7) is 13.3. The van der Waals surface area contributed by atoms with Gasteiger partial charge in [0.1, 0.15) is 34.7 Å². The Bertz CT molecular complexity index is 3570. The number of Topliss-reactive ketones (excluding diaryl/α,β-unsaturated/α-hetero) is 1. The van der Waals surface area contributed by atoms with E-state index in [1.54, 1.807) is 54.3 Å². The van der Waals surface area contributed by atoms with Crippen LogP contribution in [0.25, 0.3) is 21.7 Å². The largest absolute Gasteiger partial charge is 0.507 e. The van der Waals surface area contributed by atoms with Gasteiger partial charge in [0.25, 0.3) is 11.7 Å². The molecule has 10 atom stereocenters. The van der Waals surface area contributed by atoms with Crippen LogP contribution in [0.1, 0.15) is 118 Å². The van der Waals surface area contributed by atoms with E-state index in [0.717, 1.165) is 25.2 Å². The molecule has 8 N–H and O–H groups in total. The third-order valence-corrected chi connectivity index (χ3v) is 17.8. The number of pyridine rings is 1. The topological polar surface area (TPSA) is 309 Å². The molecule has 3 aromatic carbocycles. The lowest BCUT2D eigenvalue weighted by atomic mass is 9.78. The summed E-state index contributed by atoms with van der Waals surface area (Å²) >= 11 is 6.89. The summed E-state index contributed by atoms with van der Waals surface area (Å²) in [6.07, 6.45) is 8.16. The number of hydrazone groups is 1. The van der Waals surface area contributed by atoms with E-state index >= 15 is 4.39 Å². The fourth-order valence-electron chi connectivity index (χ4n) is 12.2. The van der Waals surface area contributed by atoms with Crippen molar-refractivity contribution >= 4 is 80.4 Å². The number of carboxylic acid groups (broad SMARTS) is 1. The Balaban J connectivity index is 0.986. The Morgan fingerprint density at radius 2 is 1.62 bits per heavy atom. The molecule has 5 bridgehead atoms. The van der Waals surface area contributed by atoms with Crippen molar-refractivity contribution in [2.75, 3.05) is 43.5 Å². The number of methoxy groups -OCH3 is 1. The minimum absolute atomic E-state index is 0.0152. The Labute approximate surface area is 494 Å². The summed E-state index contributed by atoms with van der Waals surface area (Å²) in [4.78, 5) is 81.9. The first-order valence-corrected chi connectivity index (χ1v) is 28.8. The maximum atomic E-state index is 15.9. The molecule has 6 aliphatic rings. The number of hydrogen-bond acceptors (Lipinski definition) is 18. The number of aromatic nitrogens is 1. The second-order valence-electron chi connectivity index (χ2n) is 23.3. The number of carboxylic acids is 1. The number of aromatic carboxylic acids is 1. The molecule has 2 saturated heterocycles. The molecule has 2 amide bonds. The average molecular weight is 1200 g/mol. The number of halogens is 2. The number of amides is 2. The number of phenolic OH excluding ortho intramolecular Hbond substituents is 3. The quantitative estimate of drug-likeness (QED) is 0.0352. The van der Waals surface area contributed by atoms with E-state index in [1.807, 2.05) is 0 Å². The lowest BCUT2D eigenvalue weighted by Gasteiger charge is -2.38. The molecule has 3 fully saturated rings. The summed E-state index contributed by atoms with van der Waals surface area (Å²) < 4.78 is 41.4. The van der Waals surface area contributed by atoms with Crippen molar-refractivity contribution < 1.29 is 77.9 Å². The number of allylic oxidation sites excluding steroid dienone is 2. The summed E-state index contributed by atoms with van der Waals surface area (Å²) in [7, 11) is 1.41. The normalized spacial score (nSPS) is 27.2. The number of carbonyl (C=O) groups is 5. The van der Waals surface area contributed by atoms with Gasteiger partial charge in [-0.25, -0.2) is 9.18 Å². The number of nitrogens with one attached hydrogen (secondary N) is 2. The zero-order chi connectivity index (χ0) is 61.8. The van der Waals surface area contributed by atoms with Gasteiger partial charge in [0.2, 0.25) is 11.3 Å². The molecule has 10 rings (SSSR count). The van der Waals surface area contributed by atoms with Crippen LogP contribution in [0.15, 0.2) is 58.3 Å². The van der Waals surface area contributed by atoms with Crippen LogP contribution in [0.3, 0.4) is 0 Å². The van der Waals surface area contributed by atoms with Crippen molar-refractivity contribution in [3.05, 3.63) is 91.7 Å². The molecule has 1 unspecified atom stereocenters. The number of fused-ring (bicyclic) bond motifs is 15. The van der Waals surface area contributed by atoms with Crippen LogP contribution in [-0.4, -0.2) is 145 Å². The minimum Gasteiger partial charge on any atom is -0.507 e. The number of ether oxygens (including phenoxy) is 4. The highest BCUT2D eigenvalue weighted by Gasteiger charge is 2.50. The van der Waals surface area contributed by atoms with E-state index in [9.17, 15) is 59.4 Å². The molecule has 0 radical (unpaired) electrons. The fraction of sp³-hybridized carbons (Fsp3) is 0.492. The Morgan fingerprint density at radius 3 is 2.27 bits per heavy atom. The molecular formula is C61H72ClFN6O16. The van der Waals surface area contributed by atoms with Gasteiger partial charge in [-0.1, -0.05) is 57.5 Å². The SMILES string of the molecule is CO[C@H]1C=CO[C@@]2(C)Oc3c(C)c(O)c4c(O)c(c(C=NN5CCC(C(=O)NC6CCN(c7c(F)cc8c(=O)c(C(=O)O)cn(C9CC9)c8c7Cl)C6)CC5)c(O)c4c3C2=O)NC(=O)C(C)=CC=C[C@H](C)[C@H](O)[C@@H](C)[C@@H](O)[C@@H](C)[C@H](OC(C)=O)[C@@H]1C. The predicted octanol–water partition coefficient (Wildman–Crippen LogP) is 7.34. The number of aliphatic hydroxyl groups is 2. The molecule has 1 aliphatic carbocycles. The van der Waals surface area contributed by atoms with E-state index in [4.69, 9.17) is 30.5 Å². The van der Waals surface area contributed by atoms with Crippen molar-refractivity contribution in [1.29, 1.82) is 0 Å². The molecule has 0 spiro atoms. The molecule has 456 valence electrons. The van der Waals surface area contributed by atoms with Gasteiger partial charge in [-0.15, -0.1) is 0 Å². The number of carbonyl (C=O) groups excluding carboxylic acids is 4.